The van der Waals surface area contributed by atoms with Gasteiger partial charge in [-0.25, -0.2) is 4.79 Å². The molecular formula is C25H16O7. The number of aromatic hydroxyl groups is 1. The molecule has 5 rings (SSSR count). The number of hydrogen-bond acceptors (Lipinski definition) is 6. The molecule has 1 atom stereocenters. The van der Waals surface area contributed by atoms with E-state index in [0.717, 1.165) is 0 Å². The van der Waals surface area contributed by atoms with Crippen molar-refractivity contribution in [2.75, 3.05) is 0 Å². The molecule has 0 spiro atoms. The Hall–Kier alpha value is -4.39. The van der Waals surface area contributed by atoms with E-state index in [0.29, 0.717) is 22.5 Å². The molecule has 1 aromatic heterocycles. The molecule has 2 N–H and O–H groups in total. The highest BCUT2D eigenvalue weighted by atomic mass is 16.5. The highest BCUT2D eigenvalue weighted by Gasteiger charge is 2.33. The van der Waals surface area contributed by atoms with Crippen molar-refractivity contribution in [3.05, 3.63) is 93.6 Å². The maximum Gasteiger partial charge on any atom is 0.335 e. The summed E-state index contributed by atoms with van der Waals surface area (Å²) in [5.41, 5.74) is 1.61. The van der Waals surface area contributed by atoms with Gasteiger partial charge in [0.1, 0.15) is 28.2 Å². The third-order valence-electron chi connectivity index (χ3n) is 5.54. The third kappa shape index (κ3) is 3.20. The summed E-state index contributed by atoms with van der Waals surface area (Å²) < 4.78 is 11.5. The van der Waals surface area contributed by atoms with Gasteiger partial charge in [0.15, 0.2) is 5.43 Å². The Kier molecular flexibility index (Phi) is 4.52. The minimum atomic E-state index is -1.06. The first-order chi connectivity index (χ1) is 15.4. The lowest BCUT2D eigenvalue weighted by molar-refractivity contribution is -0.135. The number of ether oxygens (including phenoxy) is 1. The fraction of sp³-hybridized carbons (Fsp3) is 0.0800. The first-order valence-electron chi connectivity index (χ1n) is 9.85. The fourth-order valence-corrected chi connectivity index (χ4v) is 4.05. The Morgan fingerprint density at radius 3 is 2.38 bits per heavy atom. The average molecular weight is 428 g/mol. The molecule has 0 amide bonds. The zero-order valence-electron chi connectivity index (χ0n) is 16.6. The van der Waals surface area contributed by atoms with E-state index in [4.69, 9.17) is 9.15 Å². The summed E-state index contributed by atoms with van der Waals surface area (Å²) in [4.78, 5) is 36.4. The van der Waals surface area contributed by atoms with Crippen LogP contribution in [0.25, 0.3) is 22.3 Å². The summed E-state index contributed by atoms with van der Waals surface area (Å²) in [5, 5.41) is 19.7. The molecule has 1 aliphatic heterocycles. The van der Waals surface area contributed by atoms with Crippen LogP contribution >= 0.6 is 0 Å². The molecule has 0 aliphatic carbocycles. The van der Waals surface area contributed by atoms with Crippen LogP contribution in [0.1, 0.15) is 33.8 Å². The molecule has 158 valence electrons. The number of esters is 1. The average Bonchev–Trinajstić information content (AvgIpc) is 2.78. The molecule has 2 heterocycles. The molecule has 0 fully saturated rings. The first-order valence-corrected chi connectivity index (χ1v) is 9.85. The van der Waals surface area contributed by atoms with E-state index in [9.17, 15) is 24.6 Å². The molecule has 1 aliphatic rings. The zero-order chi connectivity index (χ0) is 22.4. The van der Waals surface area contributed by atoms with Crippen molar-refractivity contribution in [1.29, 1.82) is 0 Å². The smallest absolute Gasteiger partial charge is 0.335 e. The summed E-state index contributed by atoms with van der Waals surface area (Å²) in [5.74, 6) is -2.05. The van der Waals surface area contributed by atoms with Crippen LogP contribution in [-0.2, 0) is 4.79 Å². The van der Waals surface area contributed by atoms with Gasteiger partial charge in [-0.15, -0.1) is 0 Å². The van der Waals surface area contributed by atoms with Gasteiger partial charge < -0.3 is 19.4 Å². The highest BCUT2D eigenvalue weighted by molar-refractivity contribution is 5.93. The monoisotopic (exact) mass is 428 g/mol. The van der Waals surface area contributed by atoms with Gasteiger partial charge in [-0.05, 0) is 17.7 Å². The topological polar surface area (TPSA) is 114 Å². The highest BCUT2D eigenvalue weighted by Crippen LogP contribution is 2.45. The first kappa shape index (κ1) is 19.6. The van der Waals surface area contributed by atoms with Crippen molar-refractivity contribution < 1.29 is 29.0 Å². The van der Waals surface area contributed by atoms with Gasteiger partial charge in [0.2, 0.25) is 0 Å². The minimum Gasteiger partial charge on any atom is -0.507 e. The van der Waals surface area contributed by atoms with Gasteiger partial charge in [-0.3, -0.25) is 9.59 Å². The van der Waals surface area contributed by atoms with E-state index in [1.165, 1.54) is 24.3 Å². The molecule has 0 saturated carbocycles. The number of carboxylic acids is 1. The molecule has 7 nitrogen and oxygen atoms in total. The Morgan fingerprint density at radius 2 is 1.69 bits per heavy atom. The number of hydrogen-bond donors (Lipinski definition) is 2. The molecular weight excluding hydrogens is 412 g/mol. The molecule has 3 aromatic carbocycles. The Morgan fingerprint density at radius 1 is 0.969 bits per heavy atom. The molecule has 0 radical (unpaired) electrons. The van der Waals surface area contributed by atoms with E-state index < -0.39 is 23.3 Å². The van der Waals surface area contributed by atoms with E-state index in [1.807, 2.05) is 18.2 Å². The van der Waals surface area contributed by atoms with Crippen LogP contribution in [0, 0.1) is 0 Å². The summed E-state index contributed by atoms with van der Waals surface area (Å²) >= 11 is 0. The van der Waals surface area contributed by atoms with Gasteiger partial charge in [-0.2, -0.15) is 0 Å². The second-order valence-corrected chi connectivity index (χ2v) is 7.51. The quantitative estimate of drug-likeness (QED) is 0.369. The summed E-state index contributed by atoms with van der Waals surface area (Å²) in [7, 11) is 0. The lowest BCUT2D eigenvalue weighted by Crippen LogP contribution is -2.22. The molecule has 4 aromatic rings. The van der Waals surface area contributed by atoms with Crippen LogP contribution in [0.15, 0.2) is 75.9 Å². The SMILES string of the molecule is O=C1C[C@H](c2ccc(C(=O)O)cc2)c2c(cc(O)c3c(=O)cc(-c4ccccc4)oc23)O1. The number of phenolic OH excluding ortho intramolecular Hbond substituents is 1. The lowest BCUT2D eigenvalue weighted by atomic mass is 9.84. The van der Waals surface area contributed by atoms with Crippen LogP contribution in [0.3, 0.4) is 0 Å². The number of benzene rings is 3. The van der Waals surface area contributed by atoms with Crippen LogP contribution in [-0.4, -0.2) is 22.2 Å². The molecule has 0 unspecified atom stereocenters. The largest absolute Gasteiger partial charge is 0.507 e. The number of fused-ring (bicyclic) bond motifs is 3. The predicted octanol–water partition coefficient (Wildman–Crippen LogP) is 4.30. The van der Waals surface area contributed by atoms with E-state index in [1.54, 1.807) is 24.3 Å². The van der Waals surface area contributed by atoms with Crippen molar-refractivity contribution in [1.82, 2.24) is 0 Å². The maximum atomic E-state index is 12.9. The summed E-state index contributed by atoms with van der Waals surface area (Å²) in [6, 6.07) is 17.7. The number of carbonyl (C=O) groups excluding carboxylic acids is 1. The standard InChI is InChI=1S/C25H16O7/c26-17-11-19(14-4-2-1-3-5-14)32-24-22-16(13-6-8-15(9-7-13)25(29)30)10-21(28)31-20(22)12-18(27)23(17)24/h1-9,11-12,16,27H,10H2,(H,29,30)/t16-/m1/s1. The molecule has 32 heavy (non-hydrogen) atoms. The van der Waals surface area contributed by atoms with Gasteiger partial charge in [0.05, 0.1) is 12.0 Å². The summed E-state index contributed by atoms with van der Waals surface area (Å²) in [6.45, 7) is 0. The van der Waals surface area contributed by atoms with Crippen LogP contribution in [0.5, 0.6) is 11.5 Å². The summed E-state index contributed by atoms with van der Waals surface area (Å²) in [6.07, 6.45) is -0.0292. The number of rotatable bonds is 3. The van der Waals surface area contributed by atoms with Crippen LogP contribution in [0.2, 0.25) is 0 Å². The normalized spacial score (nSPS) is 15.2. The van der Waals surface area contributed by atoms with E-state index in [-0.39, 0.29) is 34.5 Å². The molecule has 0 saturated heterocycles. The number of aromatic carboxylic acids is 1. The number of phenols is 1. The zero-order valence-corrected chi connectivity index (χ0v) is 16.6. The van der Waals surface area contributed by atoms with E-state index in [2.05, 4.69) is 0 Å². The number of carboxylic acid groups (broad SMARTS) is 1. The predicted molar refractivity (Wildman–Crippen MR) is 115 cm³/mol. The second-order valence-electron chi connectivity index (χ2n) is 7.51. The number of carbonyl (C=O) groups is 2. The van der Waals surface area contributed by atoms with Crippen molar-refractivity contribution in [2.45, 2.75) is 12.3 Å². The maximum absolute atomic E-state index is 12.9. The Bertz CT molecular complexity index is 1430. The Labute approximate surface area is 181 Å². The third-order valence-corrected chi connectivity index (χ3v) is 5.54. The van der Waals surface area contributed by atoms with Crippen molar-refractivity contribution >= 4 is 22.9 Å². The lowest BCUT2D eigenvalue weighted by Gasteiger charge is -2.26. The Balaban J connectivity index is 1.78. The minimum absolute atomic E-state index is 0.00598. The van der Waals surface area contributed by atoms with E-state index >= 15 is 0 Å². The molecule has 0 bridgehead atoms. The van der Waals surface area contributed by atoms with Gasteiger partial charge in [0, 0.05) is 29.2 Å². The molecule has 7 heteroatoms. The van der Waals surface area contributed by atoms with Crippen molar-refractivity contribution in [3.63, 3.8) is 0 Å². The van der Waals surface area contributed by atoms with Gasteiger partial charge >= 0.3 is 11.9 Å². The van der Waals surface area contributed by atoms with Gasteiger partial charge in [-0.1, -0.05) is 42.5 Å². The fourth-order valence-electron chi connectivity index (χ4n) is 4.05. The van der Waals surface area contributed by atoms with Crippen molar-refractivity contribution in [3.8, 4) is 22.8 Å². The second kappa shape index (κ2) is 7.39. The van der Waals surface area contributed by atoms with Crippen LogP contribution < -0.4 is 10.2 Å². The van der Waals surface area contributed by atoms with Gasteiger partial charge in [0.25, 0.3) is 0 Å². The van der Waals surface area contributed by atoms with Crippen molar-refractivity contribution in [2.24, 2.45) is 0 Å². The van der Waals surface area contributed by atoms with Crippen LogP contribution in [0.4, 0.5) is 0 Å².